The van der Waals surface area contributed by atoms with Gasteiger partial charge in [-0.2, -0.15) is 0 Å². The average molecular weight is 317 g/mol. The van der Waals surface area contributed by atoms with Crippen molar-refractivity contribution < 1.29 is 8.78 Å². The van der Waals surface area contributed by atoms with Crippen LogP contribution in [0, 0.1) is 11.6 Å². The van der Waals surface area contributed by atoms with E-state index in [2.05, 4.69) is 10.3 Å². The maximum atomic E-state index is 13.3. The normalized spacial score (nSPS) is 13.6. The first kappa shape index (κ1) is 15.2. The van der Waals surface area contributed by atoms with Gasteiger partial charge in [-0.05, 0) is 29.8 Å². The Morgan fingerprint density at radius 3 is 2.70 bits per heavy atom. The van der Waals surface area contributed by atoms with E-state index in [9.17, 15) is 8.78 Å². The molecule has 0 bridgehead atoms. The molecule has 20 heavy (non-hydrogen) atoms. The SMILES string of the molecule is Cl.Fc1ccc(-c2nc3c(cc2Cl)CNCC3)cc1F. The van der Waals surface area contributed by atoms with Crippen molar-refractivity contribution in [3.8, 4) is 11.3 Å². The van der Waals surface area contributed by atoms with Crippen LogP contribution in [0.5, 0.6) is 0 Å². The van der Waals surface area contributed by atoms with Crippen LogP contribution in [0.1, 0.15) is 11.3 Å². The molecule has 1 aliphatic heterocycles. The topological polar surface area (TPSA) is 24.9 Å². The number of benzene rings is 1. The highest BCUT2D eigenvalue weighted by molar-refractivity contribution is 6.33. The number of hydrogen-bond donors (Lipinski definition) is 1. The standard InChI is InChI=1S/C14H11ClF2N2.ClH/c15-10-5-9-7-18-4-3-13(9)19-14(10)8-1-2-11(16)12(17)6-8;/h1-2,5-6,18H,3-4,7H2;1H. The second kappa shape index (κ2) is 6.04. The van der Waals surface area contributed by atoms with Crippen molar-refractivity contribution in [3.05, 3.63) is 52.2 Å². The van der Waals surface area contributed by atoms with E-state index in [1.807, 2.05) is 6.07 Å². The molecule has 0 fully saturated rings. The highest BCUT2D eigenvalue weighted by Crippen LogP contribution is 2.29. The van der Waals surface area contributed by atoms with Gasteiger partial charge in [0.05, 0.1) is 10.7 Å². The maximum absolute atomic E-state index is 13.3. The lowest BCUT2D eigenvalue weighted by Crippen LogP contribution is -2.24. The van der Waals surface area contributed by atoms with E-state index < -0.39 is 11.6 Å². The molecule has 6 heteroatoms. The number of pyridine rings is 1. The number of halogens is 4. The van der Waals surface area contributed by atoms with Gasteiger partial charge in [-0.3, -0.25) is 4.98 Å². The lowest BCUT2D eigenvalue weighted by atomic mass is 10.0. The minimum Gasteiger partial charge on any atom is -0.312 e. The van der Waals surface area contributed by atoms with Gasteiger partial charge in [0.25, 0.3) is 0 Å². The summed E-state index contributed by atoms with van der Waals surface area (Å²) in [5.74, 6) is -1.77. The Bertz CT molecular complexity index is 647. The van der Waals surface area contributed by atoms with Gasteiger partial charge in [0.2, 0.25) is 0 Å². The Morgan fingerprint density at radius 2 is 1.95 bits per heavy atom. The van der Waals surface area contributed by atoms with Crippen LogP contribution < -0.4 is 5.32 Å². The minimum atomic E-state index is -0.894. The third kappa shape index (κ3) is 2.77. The summed E-state index contributed by atoms with van der Waals surface area (Å²) >= 11 is 6.18. The first-order valence-electron chi connectivity index (χ1n) is 5.99. The summed E-state index contributed by atoms with van der Waals surface area (Å²) in [5, 5.41) is 3.69. The molecule has 0 atom stereocenters. The molecule has 2 nitrogen and oxygen atoms in total. The van der Waals surface area contributed by atoms with Crippen molar-refractivity contribution >= 4 is 24.0 Å². The summed E-state index contributed by atoms with van der Waals surface area (Å²) < 4.78 is 26.2. The monoisotopic (exact) mass is 316 g/mol. The Hall–Kier alpha value is -1.23. The van der Waals surface area contributed by atoms with E-state index in [0.717, 1.165) is 42.9 Å². The molecule has 0 saturated carbocycles. The van der Waals surface area contributed by atoms with Crippen LogP contribution in [0.2, 0.25) is 5.02 Å². The lowest BCUT2D eigenvalue weighted by molar-refractivity contribution is 0.509. The number of aromatic nitrogens is 1. The van der Waals surface area contributed by atoms with E-state index in [0.29, 0.717) is 16.3 Å². The molecule has 2 aromatic rings. The van der Waals surface area contributed by atoms with Crippen LogP contribution in [0.25, 0.3) is 11.3 Å². The molecular formula is C14H12Cl2F2N2. The first-order chi connectivity index (χ1) is 9.15. The number of nitrogens with one attached hydrogen (secondary N) is 1. The summed E-state index contributed by atoms with van der Waals surface area (Å²) in [4.78, 5) is 4.49. The molecule has 0 unspecified atom stereocenters. The summed E-state index contributed by atoms with van der Waals surface area (Å²) in [7, 11) is 0. The zero-order valence-corrected chi connectivity index (χ0v) is 12.0. The lowest BCUT2D eigenvalue weighted by Gasteiger charge is -2.18. The van der Waals surface area contributed by atoms with Crippen molar-refractivity contribution in [2.45, 2.75) is 13.0 Å². The van der Waals surface area contributed by atoms with Crippen molar-refractivity contribution in [2.75, 3.05) is 6.54 Å². The Labute approximate surface area is 126 Å². The zero-order chi connectivity index (χ0) is 13.4. The van der Waals surface area contributed by atoms with Gasteiger partial charge < -0.3 is 5.32 Å². The quantitative estimate of drug-likeness (QED) is 0.866. The number of rotatable bonds is 1. The van der Waals surface area contributed by atoms with Crippen molar-refractivity contribution in [1.82, 2.24) is 10.3 Å². The van der Waals surface area contributed by atoms with Crippen LogP contribution in [0.4, 0.5) is 8.78 Å². The van der Waals surface area contributed by atoms with Gasteiger partial charge in [-0.1, -0.05) is 11.6 Å². The highest BCUT2D eigenvalue weighted by Gasteiger charge is 2.16. The van der Waals surface area contributed by atoms with E-state index >= 15 is 0 Å². The molecule has 3 rings (SSSR count). The maximum Gasteiger partial charge on any atom is 0.159 e. The molecule has 0 amide bonds. The van der Waals surface area contributed by atoms with E-state index in [1.54, 1.807) is 0 Å². The molecule has 0 radical (unpaired) electrons. The largest absolute Gasteiger partial charge is 0.312 e. The van der Waals surface area contributed by atoms with Gasteiger partial charge in [-0.25, -0.2) is 8.78 Å². The highest BCUT2D eigenvalue weighted by atomic mass is 35.5. The van der Waals surface area contributed by atoms with Gasteiger partial charge in [0.1, 0.15) is 0 Å². The third-order valence-corrected chi connectivity index (χ3v) is 3.48. The van der Waals surface area contributed by atoms with Crippen LogP contribution in [0.15, 0.2) is 24.3 Å². The Morgan fingerprint density at radius 1 is 1.15 bits per heavy atom. The Balaban J connectivity index is 0.00000147. The third-order valence-electron chi connectivity index (χ3n) is 3.19. The number of hydrogen-bond acceptors (Lipinski definition) is 2. The van der Waals surface area contributed by atoms with Crippen molar-refractivity contribution in [1.29, 1.82) is 0 Å². The van der Waals surface area contributed by atoms with Crippen molar-refractivity contribution in [2.24, 2.45) is 0 Å². The second-order valence-corrected chi connectivity index (χ2v) is 4.89. The summed E-state index contributed by atoms with van der Waals surface area (Å²) in [6, 6.07) is 5.54. The van der Waals surface area contributed by atoms with Gasteiger partial charge in [0.15, 0.2) is 11.6 Å². The summed E-state index contributed by atoms with van der Waals surface area (Å²) in [5.41, 5.74) is 3.01. The number of nitrogens with zero attached hydrogens (tertiary/aromatic N) is 1. The molecule has 106 valence electrons. The second-order valence-electron chi connectivity index (χ2n) is 4.48. The van der Waals surface area contributed by atoms with E-state index in [-0.39, 0.29) is 12.4 Å². The van der Waals surface area contributed by atoms with E-state index in [1.165, 1.54) is 6.07 Å². The molecule has 1 aromatic carbocycles. The van der Waals surface area contributed by atoms with Crippen molar-refractivity contribution in [3.63, 3.8) is 0 Å². The smallest absolute Gasteiger partial charge is 0.159 e. The molecule has 0 spiro atoms. The van der Waals surface area contributed by atoms with Crippen LogP contribution in [-0.2, 0) is 13.0 Å². The molecule has 1 aliphatic rings. The number of fused-ring (bicyclic) bond motifs is 1. The molecule has 0 aliphatic carbocycles. The van der Waals surface area contributed by atoms with Crippen LogP contribution >= 0.6 is 24.0 Å². The van der Waals surface area contributed by atoms with Crippen LogP contribution in [-0.4, -0.2) is 11.5 Å². The summed E-state index contributed by atoms with van der Waals surface area (Å²) in [6.45, 7) is 1.60. The predicted octanol–water partition coefficient (Wildman–Crippen LogP) is 3.75. The fraction of sp³-hybridized carbons (Fsp3) is 0.214. The van der Waals surface area contributed by atoms with Gasteiger partial charge >= 0.3 is 0 Å². The first-order valence-corrected chi connectivity index (χ1v) is 6.37. The zero-order valence-electron chi connectivity index (χ0n) is 10.4. The molecule has 2 heterocycles. The minimum absolute atomic E-state index is 0. The average Bonchev–Trinajstić information content (AvgIpc) is 2.41. The van der Waals surface area contributed by atoms with Crippen LogP contribution in [0.3, 0.4) is 0 Å². The summed E-state index contributed by atoms with van der Waals surface area (Å²) in [6.07, 6.45) is 0.809. The Kier molecular flexibility index (Phi) is 4.58. The predicted molar refractivity (Wildman–Crippen MR) is 77.3 cm³/mol. The fourth-order valence-corrected chi connectivity index (χ4v) is 2.49. The molecule has 1 aromatic heterocycles. The van der Waals surface area contributed by atoms with Gasteiger partial charge in [0, 0.05) is 30.8 Å². The molecule has 1 N–H and O–H groups in total. The molecule has 0 saturated heterocycles. The van der Waals surface area contributed by atoms with Gasteiger partial charge in [-0.15, -0.1) is 12.4 Å². The molecular weight excluding hydrogens is 305 g/mol. The fourth-order valence-electron chi connectivity index (χ4n) is 2.21. The van der Waals surface area contributed by atoms with E-state index in [4.69, 9.17) is 11.6 Å².